The van der Waals surface area contributed by atoms with Crippen molar-refractivity contribution in [2.45, 2.75) is 17.9 Å². The fourth-order valence-corrected chi connectivity index (χ4v) is 5.67. The van der Waals surface area contributed by atoms with Gasteiger partial charge in [-0.05, 0) is 55.0 Å². The molecule has 0 radical (unpaired) electrons. The van der Waals surface area contributed by atoms with Crippen LogP contribution in [0.5, 0.6) is 11.5 Å². The average Bonchev–Trinajstić information content (AvgIpc) is 2.92. The molecule has 1 aliphatic rings. The summed E-state index contributed by atoms with van der Waals surface area (Å²) in [7, 11) is -2.17. The van der Waals surface area contributed by atoms with Gasteiger partial charge in [0.2, 0.25) is 10.0 Å². The Balaban J connectivity index is 1.30. The van der Waals surface area contributed by atoms with Gasteiger partial charge in [-0.25, -0.2) is 13.1 Å². The van der Waals surface area contributed by atoms with Crippen molar-refractivity contribution in [1.29, 1.82) is 0 Å². The van der Waals surface area contributed by atoms with Gasteiger partial charge in [0.15, 0.2) is 6.61 Å². The lowest BCUT2D eigenvalue weighted by molar-refractivity contribution is -0.133. The van der Waals surface area contributed by atoms with E-state index in [1.165, 1.54) is 18.2 Å². The summed E-state index contributed by atoms with van der Waals surface area (Å²) in [5, 5.41) is 0.118. The maximum Gasteiger partial charge on any atom is 0.260 e. The van der Waals surface area contributed by atoms with Crippen LogP contribution in [0.1, 0.15) is 18.5 Å². The lowest BCUT2D eigenvalue weighted by Crippen LogP contribution is -2.50. The molecule has 1 atom stereocenters. The van der Waals surface area contributed by atoms with Crippen LogP contribution in [0.15, 0.2) is 77.7 Å². The van der Waals surface area contributed by atoms with E-state index in [1.807, 2.05) is 54.6 Å². The highest BCUT2D eigenvalue weighted by molar-refractivity contribution is 7.89. The Labute approximate surface area is 222 Å². The Morgan fingerprint density at radius 2 is 1.68 bits per heavy atom. The Morgan fingerprint density at radius 3 is 2.30 bits per heavy atom. The first-order chi connectivity index (χ1) is 17.8. The van der Waals surface area contributed by atoms with Crippen LogP contribution in [0.2, 0.25) is 5.02 Å². The summed E-state index contributed by atoms with van der Waals surface area (Å²) in [4.78, 5) is 16.7. The number of ether oxygens (including phenoxy) is 2. The number of halogens is 1. The zero-order valence-electron chi connectivity index (χ0n) is 20.8. The van der Waals surface area contributed by atoms with E-state index in [1.54, 1.807) is 18.9 Å². The minimum absolute atomic E-state index is 0.0219. The number of nitrogens with one attached hydrogen (secondary N) is 1. The van der Waals surface area contributed by atoms with Crippen molar-refractivity contribution >= 4 is 33.2 Å². The van der Waals surface area contributed by atoms with E-state index < -0.39 is 16.1 Å². The molecule has 8 nitrogen and oxygen atoms in total. The van der Waals surface area contributed by atoms with Gasteiger partial charge in [0.1, 0.15) is 11.5 Å². The van der Waals surface area contributed by atoms with Crippen molar-refractivity contribution in [3.05, 3.63) is 83.4 Å². The van der Waals surface area contributed by atoms with Gasteiger partial charge in [0.05, 0.1) is 17.0 Å². The van der Waals surface area contributed by atoms with E-state index in [4.69, 9.17) is 21.1 Å². The number of carbonyl (C=O) groups excluding carboxylic acids is 1. The molecule has 196 valence electrons. The predicted octanol–water partition coefficient (Wildman–Crippen LogP) is 4.12. The normalized spacial score (nSPS) is 14.8. The highest BCUT2D eigenvalue weighted by Crippen LogP contribution is 2.28. The van der Waals surface area contributed by atoms with E-state index in [0.29, 0.717) is 26.2 Å². The first kappa shape index (κ1) is 26.8. The number of carbonyl (C=O) groups is 1. The van der Waals surface area contributed by atoms with E-state index in [9.17, 15) is 13.2 Å². The Morgan fingerprint density at radius 1 is 1.00 bits per heavy atom. The second kappa shape index (κ2) is 11.9. The third-order valence-electron chi connectivity index (χ3n) is 6.27. The summed E-state index contributed by atoms with van der Waals surface area (Å²) in [5.41, 5.74) is 1.93. The van der Waals surface area contributed by atoms with Crippen LogP contribution in [0.4, 0.5) is 5.69 Å². The molecule has 0 bridgehead atoms. The first-order valence-corrected chi connectivity index (χ1v) is 13.8. The molecule has 1 saturated heterocycles. The minimum atomic E-state index is -3.80. The van der Waals surface area contributed by atoms with Gasteiger partial charge in [-0.1, -0.05) is 41.9 Å². The fourth-order valence-electron chi connectivity index (χ4n) is 4.11. The molecule has 0 saturated carbocycles. The van der Waals surface area contributed by atoms with Crippen LogP contribution in [-0.4, -0.2) is 59.1 Å². The largest absolute Gasteiger partial charge is 0.497 e. The molecule has 0 aliphatic carbocycles. The summed E-state index contributed by atoms with van der Waals surface area (Å²) in [5.74, 6) is 0.902. The van der Waals surface area contributed by atoms with Gasteiger partial charge >= 0.3 is 0 Å². The van der Waals surface area contributed by atoms with Crippen molar-refractivity contribution in [3.63, 3.8) is 0 Å². The SMILES string of the molecule is COc1ccc(N2CCN(C(=O)COc3ccc(S(=O)(=O)N[C@H](C)c4ccccc4)cc3Cl)CC2)cc1. The molecule has 1 heterocycles. The molecule has 1 fully saturated rings. The Bertz CT molecular complexity index is 1310. The standard InChI is InChI=1S/C27H30ClN3O5S/c1-20(21-6-4-3-5-7-21)29-37(33,34)24-12-13-26(25(28)18-24)36-19-27(32)31-16-14-30(15-17-31)22-8-10-23(35-2)11-9-22/h3-13,18,20,29H,14-17,19H2,1-2H3/t20-/m1/s1. The van der Waals surface area contributed by atoms with Crippen LogP contribution in [0, 0.1) is 0 Å². The number of benzene rings is 3. The molecule has 0 unspecified atom stereocenters. The zero-order chi connectivity index (χ0) is 26.4. The number of sulfonamides is 1. The number of hydrogen-bond donors (Lipinski definition) is 1. The van der Waals surface area contributed by atoms with E-state index in [0.717, 1.165) is 17.0 Å². The van der Waals surface area contributed by atoms with Crippen molar-refractivity contribution < 1.29 is 22.7 Å². The predicted molar refractivity (Wildman–Crippen MR) is 144 cm³/mol. The smallest absolute Gasteiger partial charge is 0.260 e. The summed E-state index contributed by atoms with van der Waals surface area (Å²) in [6.07, 6.45) is 0. The third kappa shape index (κ3) is 6.74. The number of anilines is 1. The summed E-state index contributed by atoms with van der Waals surface area (Å²) < 4.78 is 39.2. The number of hydrogen-bond acceptors (Lipinski definition) is 6. The number of rotatable bonds is 9. The third-order valence-corrected chi connectivity index (χ3v) is 8.10. The second-order valence-corrected chi connectivity index (χ2v) is 10.8. The van der Waals surface area contributed by atoms with Crippen LogP contribution in [-0.2, 0) is 14.8 Å². The van der Waals surface area contributed by atoms with Gasteiger partial charge in [0.25, 0.3) is 5.91 Å². The Hall–Kier alpha value is -3.27. The molecule has 4 rings (SSSR count). The van der Waals surface area contributed by atoms with Crippen LogP contribution >= 0.6 is 11.6 Å². The number of methoxy groups -OCH3 is 1. The van der Waals surface area contributed by atoms with Crippen molar-refractivity contribution in [2.24, 2.45) is 0 Å². The fraction of sp³-hybridized carbons (Fsp3) is 0.296. The average molecular weight is 544 g/mol. The van der Waals surface area contributed by atoms with E-state index in [-0.39, 0.29) is 28.2 Å². The van der Waals surface area contributed by atoms with E-state index >= 15 is 0 Å². The quantitative estimate of drug-likeness (QED) is 0.437. The lowest BCUT2D eigenvalue weighted by atomic mass is 10.1. The highest BCUT2D eigenvalue weighted by Gasteiger charge is 2.23. The van der Waals surface area contributed by atoms with Crippen LogP contribution < -0.4 is 19.1 Å². The Kier molecular flexibility index (Phi) is 8.58. The molecular formula is C27H30ClN3O5S. The van der Waals surface area contributed by atoms with Gasteiger partial charge in [-0.15, -0.1) is 0 Å². The van der Waals surface area contributed by atoms with Crippen molar-refractivity contribution in [3.8, 4) is 11.5 Å². The van der Waals surface area contributed by atoms with E-state index in [2.05, 4.69) is 9.62 Å². The monoisotopic (exact) mass is 543 g/mol. The number of piperazine rings is 1. The lowest BCUT2D eigenvalue weighted by Gasteiger charge is -2.36. The van der Waals surface area contributed by atoms with Gasteiger partial charge in [-0.3, -0.25) is 4.79 Å². The van der Waals surface area contributed by atoms with Crippen LogP contribution in [0.3, 0.4) is 0 Å². The van der Waals surface area contributed by atoms with Gasteiger partial charge in [0, 0.05) is 37.9 Å². The zero-order valence-corrected chi connectivity index (χ0v) is 22.3. The molecule has 10 heteroatoms. The van der Waals surface area contributed by atoms with Gasteiger partial charge in [-0.2, -0.15) is 0 Å². The van der Waals surface area contributed by atoms with Crippen molar-refractivity contribution in [1.82, 2.24) is 9.62 Å². The molecule has 0 aromatic heterocycles. The number of nitrogens with zero attached hydrogens (tertiary/aromatic N) is 2. The number of amides is 1. The molecular weight excluding hydrogens is 514 g/mol. The summed E-state index contributed by atoms with van der Waals surface area (Å²) >= 11 is 6.31. The molecule has 1 aliphatic heterocycles. The highest BCUT2D eigenvalue weighted by atomic mass is 35.5. The molecule has 1 amide bonds. The van der Waals surface area contributed by atoms with Crippen LogP contribution in [0.25, 0.3) is 0 Å². The summed E-state index contributed by atoms with van der Waals surface area (Å²) in [6.45, 7) is 4.15. The molecule has 3 aromatic carbocycles. The molecule has 3 aromatic rings. The molecule has 37 heavy (non-hydrogen) atoms. The van der Waals surface area contributed by atoms with Crippen molar-refractivity contribution in [2.75, 3.05) is 44.8 Å². The minimum Gasteiger partial charge on any atom is -0.497 e. The first-order valence-electron chi connectivity index (χ1n) is 11.9. The molecule has 1 N–H and O–H groups in total. The maximum absolute atomic E-state index is 12.8. The maximum atomic E-state index is 12.8. The molecule has 0 spiro atoms. The topological polar surface area (TPSA) is 88.2 Å². The summed E-state index contributed by atoms with van der Waals surface area (Å²) in [6, 6.07) is 20.9. The van der Waals surface area contributed by atoms with Gasteiger partial charge < -0.3 is 19.3 Å². The second-order valence-electron chi connectivity index (χ2n) is 8.70.